The number of aromatic nitrogens is 1. The number of benzene rings is 1. The van der Waals surface area contributed by atoms with E-state index in [2.05, 4.69) is 4.98 Å². The molecule has 0 unspecified atom stereocenters. The standard InChI is InChI=1S/C15H18N2O2S/c1-3-19-14-6-4-12(5-7-14)15(18)9-17(2)8-13-10-20-11-16-13/h4-7,10-11H,3,8-9H2,1-2H3. The summed E-state index contributed by atoms with van der Waals surface area (Å²) in [5.41, 5.74) is 3.51. The highest BCUT2D eigenvalue weighted by atomic mass is 32.1. The quantitative estimate of drug-likeness (QED) is 0.735. The van der Waals surface area contributed by atoms with Gasteiger partial charge in [0, 0.05) is 17.5 Å². The smallest absolute Gasteiger partial charge is 0.176 e. The second-order valence-electron chi connectivity index (χ2n) is 4.53. The van der Waals surface area contributed by atoms with Crippen LogP contribution in [0.4, 0.5) is 0 Å². The van der Waals surface area contributed by atoms with Crippen LogP contribution in [-0.4, -0.2) is 35.9 Å². The number of hydrogen-bond donors (Lipinski definition) is 0. The van der Waals surface area contributed by atoms with Crippen LogP contribution in [0.1, 0.15) is 23.0 Å². The zero-order valence-electron chi connectivity index (χ0n) is 11.7. The Bertz CT molecular complexity index is 538. The van der Waals surface area contributed by atoms with Gasteiger partial charge in [-0.3, -0.25) is 9.69 Å². The molecule has 4 nitrogen and oxygen atoms in total. The molecule has 106 valence electrons. The van der Waals surface area contributed by atoms with E-state index in [1.807, 2.05) is 48.5 Å². The summed E-state index contributed by atoms with van der Waals surface area (Å²) in [4.78, 5) is 18.3. The third kappa shape index (κ3) is 4.15. The van der Waals surface area contributed by atoms with Crippen LogP contribution in [-0.2, 0) is 6.54 Å². The number of carbonyl (C=O) groups excluding carboxylic acids is 1. The minimum Gasteiger partial charge on any atom is -0.494 e. The van der Waals surface area contributed by atoms with Crippen molar-refractivity contribution in [3.63, 3.8) is 0 Å². The lowest BCUT2D eigenvalue weighted by Crippen LogP contribution is -2.25. The Morgan fingerprint density at radius 1 is 1.35 bits per heavy atom. The van der Waals surface area contributed by atoms with Gasteiger partial charge in [-0.1, -0.05) is 0 Å². The molecule has 0 bridgehead atoms. The molecule has 0 saturated heterocycles. The zero-order valence-corrected chi connectivity index (χ0v) is 12.5. The van der Waals surface area contributed by atoms with Gasteiger partial charge in [0.1, 0.15) is 5.75 Å². The maximum absolute atomic E-state index is 12.2. The predicted molar refractivity (Wildman–Crippen MR) is 80.4 cm³/mol. The third-order valence-electron chi connectivity index (χ3n) is 2.82. The molecule has 2 aromatic rings. The highest BCUT2D eigenvalue weighted by molar-refractivity contribution is 7.07. The van der Waals surface area contributed by atoms with E-state index in [1.54, 1.807) is 16.8 Å². The van der Waals surface area contributed by atoms with Crippen molar-refractivity contribution in [1.29, 1.82) is 0 Å². The zero-order chi connectivity index (χ0) is 14.4. The van der Waals surface area contributed by atoms with Crippen molar-refractivity contribution in [2.75, 3.05) is 20.2 Å². The highest BCUT2D eigenvalue weighted by Crippen LogP contribution is 2.13. The van der Waals surface area contributed by atoms with Crippen molar-refractivity contribution in [1.82, 2.24) is 9.88 Å². The van der Waals surface area contributed by atoms with E-state index in [0.717, 1.165) is 11.4 Å². The highest BCUT2D eigenvalue weighted by Gasteiger charge is 2.10. The summed E-state index contributed by atoms with van der Waals surface area (Å²) in [6.45, 7) is 3.63. The lowest BCUT2D eigenvalue weighted by Gasteiger charge is -2.14. The minimum absolute atomic E-state index is 0.103. The first-order valence-electron chi connectivity index (χ1n) is 6.50. The van der Waals surface area contributed by atoms with Crippen molar-refractivity contribution in [2.45, 2.75) is 13.5 Å². The Balaban J connectivity index is 1.90. The number of likely N-dealkylation sites (N-methyl/N-ethyl adjacent to an activating group) is 1. The molecule has 1 aromatic carbocycles. The van der Waals surface area contributed by atoms with Gasteiger partial charge in [0.05, 0.1) is 24.4 Å². The van der Waals surface area contributed by atoms with Crippen LogP contribution in [0.2, 0.25) is 0 Å². The normalized spacial score (nSPS) is 10.8. The molecule has 0 aliphatic carbocycles. The number of hydrogen-bond acceptors (Lipinski definition) is 5. The second-order valence-corrected chi connectivity index (χ2v) is 5.25. The third-order valence-corrected chi connectivity index (χ3v) is 3.45. The summed E-state index contributed by atoms with van der Waals surface area (Å²) < 4.78 is 5.36. The largest absolute Gasteiger partial charge is 0.494 e. The summed E-state index contributed by atoms with van der Waals surface area (Å²) >= 11 is 1.57. The Labute approximate surface area is 123 Å². The molecule has 2 rings (SSSR count). The molecule has 0 amide bonds. The first kappa shape index (κ1) is 14.7. The lowest BCUT2D eigenvalue weighted by molar-refractivity contribution is 0.0942. The summed E-state index contributed by atoms with van der Waals surface area (Å²) in [5.74, 6) is 0.894. The van der Waals surface area contributed by atoms with E-state index in [1.165, 1.54) is 0 Å². The molecule has 0 aliphatic rings. The fraction of sp³-hybridized carbons (Fsp3) is 0.333. The van der Waals surface area contributed by atoms with Crippen LogP contribution in [0.3, 0.4) is 0 Å². The Morgan fingerprint density at radius 2 is 2.10 bits per heavy atom. The molecule has 0 radical (unpaired) electrons. The van der Waals surface area contributed by atoms with Gasteiger partial charge >= 0.3 is 0 Å². The molecule has 0 spiro atoms. The molecule has 0 aliphatic heterocycles. The number of rotatable bonds is 7. The summed E-state index contributed by atoms with van der Waals surface area (Å²) in [6.07, 6.45) is 0. The van der Waals surface area contributed by atoms with E-state index in [4.69, 9.17) is 4.74 Å². The average Bonchev–Trinajstić information content (AvgIpc) is 2.92. The van der Waals surface area contributed by atoms with Crippen LogP contribution in [0.15, 0.2) is 35.2 Å². The van der Waals surface area contributed by atoms with Crippen molar-refractivity contribution in [3.8, 4) is 5.75 Å². The van der Waals surface area contributed by atoms with E-state index in [0.29, 0.717) is 25.3 Å². The second kappa shape index (κ2) is 7.17. The molecule has 1 heterocycles. The van der Waals surface area contributed by atoms with Crippen LogP contribution < -0.4 is 4.74 Å². The molecular formula is C15H18N2O2S. The van der Waals surface area contributed by atoms with Crippen molar-refractivity contribution < 1.29 is 9.53 Å². The van der Waals surface area contributed by atoms with Gasteiger partial charge in [-0.15, -0.1) is 11.3 Å². The SMILES string of the molecule is CCOc1ccc(C(=O)CN(C)Cc2cscn2)cc1. The molecule has 0 fully saturated rings. The number of thiazole rings is 1. The first-order valence-corrected chi connectivity index (χ1v) is 7.45. The van der Waals surface area contributed by atoms with Gasteiger partial charge in [-0.05, 0) is 38.2 Å². The molecule has 0 N–H and O–H groups in total. The lowest BCUT2D eigenvalue weighted by atomic mass is 10.1. The molecule has 20 heavy (non-hydrogen) atoms. The predicted octanol–water partition coefficient (Wildman–Crippen LogP) is 2.86. The van der Waals surface area contributed by atoms with Gasteiger partial charge in [0.25, 0.3) is 0 Å². The average molecular weight is 290 g/mol. The molecular weight excluding hydrogens is 272 g/mol. The molecule has 1 aromatic heterocycles. The number of nitrogens with zero attached hydrogens (tertiary/aromatic N) is 2. The van der Waals surface area contributed by atoms with Crippen LogP contribution >= 0.6 is 11.3 Å². The minimum atomic E-state index is 0.103. The Morgan fingerprint density at radius 3 is 2.70 bits per heavy atom. The molecule has 5 heteroatoms. The van der Waals surface area contributed by atoms with Gasteiger partial charge in [-0.25, -0.2) is 4.98 Å². The Kier molecular flexibility index (Phi) is 5.26. The van der Waals surface area contributed by atoms with Crippen molar-refractivity contribution in [3.05, 3.63) is 46.4 Å². The van der Waals surface area contributed by atoms with Gasteiger partial charge in [0.2, 0.25) is 0 Å². The fourth-order valence-electron chi connectivity index (χ4n) is 1.89. The van der Waals surface area contributed by atoms with E-state index in [-0.39, 0.29) is 5.78 Å². The van der Waals surface area contributed by atoms with E-state index < -0.39 is 0 Å². The number of Topliss-reactive ketones (excluding diaryl/α,β-unsaturated/α-hetero) is 1. The number of ether oxygens (including phenoxy) is 1. The maximum Gasteiger partial charge on any atom is 0.176 e. The Hall–Kier alpha value is -1.72. The molecule has 0 atom stereocenters. The summed E-state index contributed by atoms with van der Waals surface area (Å²) in [7, 11) is 1.92. The topological polar surface area (TPSA) is 42.4 Å². The maximum atomic E-state index is 12.2. The fourth-order valence-corrected chi connectivity index (χ4v) is 2.44. The molecule has 0 saturated carbocycles. The number of carbonyl (C=O) groups is 1. The van der Waals surface area contributed by atoms with Crippen molar-refractivity contribution in [2.24, 2.45) is 0 Å². The van der Waals surface area contributed by atoms with E-state index in [9.17, 15) is 4.79 Å². The summed E-state index contributed by atoms with van der Waals surface area (Å²) in [6, 6.07) is 7.28. The van der Waals surface area contributed by atoms with Gasteiger partial charge in [-0.2, -0.15) is 0 Å². The van der Waals surface area contributed by atoms with Gasteiger partial charge < -0.3 is 4.74 Å². The van der Waals surface area contributed by atoms with Crippen LogP contribution in [0.5, 0.6) is 5.75 Å². The van der Waals surface area contributed by atoms with Crippen LogP contribution in [0.25, 0.3) is 0 Å². The first-order chi connectivity index (χ1) is 9.69. The van der Waals surface area contributed by atoms with E-state index >= 15 is 0 Å². The van der Waals surface area contributed by atoms with Crippen LogP contribution in [0, 0.1) is 0 Å². The van der Waals surface area contributed by atoms with Gasteiger partial charge in [0.15, 0.2) is 5.78 Å². The summed E-state index contributed by atoms with van der Waals surface area (Å²) in [5, 5.41) is 2.00. The monoisotopic (exact) mass is 290 g/mol. The van der Waals surface area contributed by atoms with Crippen molar-refractivity contribution >= 4 is 17.1 Å². The number of ketones is 1.